The molecule has 2 rings (SSSR count). The van der Waals surface area contributed by atoms with Gasteiger partial charge in [-0.1, -0.05) is 45.4 Å². The number of hydrogen-bond acceptors (Lipinski definition) is 4. The SMILES string of the molecule is CCCCCCCC[C@H](O)CCC(=O)N1CCC[C@@H]1c1nncn1C. The maximum atomic E-state index is 12.6. The third-order valence-electron chi connectivity index (χ3n) is 5.20. The Balaban J connectivity index is 1.68. The Labute approximate surface area is 151 Å². The highest BCUT2D eigenvalue weighted by Crippen LogP contribution is 2.31. The average molecular weight is 351 g/mol. The van der Waals surface area contributed by atoms with Gasteiger partial charge in [-0.25, -0.2) is 0 Å². The number of nitrogens with zero attached hydrogens (tertiary/aromatic N) is 4. The average Bonchev–Trinajstić information content (AvgIpc) is 3.24. The summed E-state index contributed by atoms with van der Waals surface area (Å²) in [7, 11) is 1.92. The molecule has 1 saturated heterocycles. The van der Waals surface area contributed by atoms with E-state index >= 15 is 0 Å². The van der Waals surface area contributed by atoms with Gasteiger partial charge in [0, 0.05) is 20.0 Å². The van der Waals surface area contributed by atoms with E-state index in [4.69, 9.17) is 0 Å². The van der Waals surface area contributed by atoms with Crippen LogP contribution < -0.4 is 0 Å². The lowest BCUT2D eigenvalue weighted by Crippen LogP contribution is -2.32. The molecular weight excluding hydrogens is 316 g/mol. The molecule has 1 aliphatic rings. The van der Waals surface area contributed by atoms with Gasteiger partial charge < -0.3 is 14.6 Å². The van der Waals surface area contributed by atoms with Crippen molar-refractivity contribution in [2.24, 2.45) is 7.05 Å². The molecule has 0 aliphatic carbocycles. The van der Waals surface area contributed by atoms with Crippen LogP contribution in [-0.4, -0.2) is 43.3 Å². The molecule has 25 heavy (non-hydrogen) atoms. The number of unbranched alkanes of at least 4 members (excludes halogenated alkanes) is 5. The molecule has 0 saturated carbocycles. The number of aliphatic hydroxyl groups is 1. The van der Waals surface area contributed by atoms with E-state index in [0.29, 0.717) is 12.8 Å². The predicted molar refractivity (Wildman–Crippen MR) is 97.9 cm³/mol. The van der Waals surface area contributed by atoms with Crippen LogP contribution >= 0.6 is 0 Å². The summed E-state index contributed by atoms with van der Waals surface area (Å²) in [5, 5.41) is 18.2. The molecule has 0 aromatic carbocycles. The highest BCUT2D eigenvalue weighted by Gasteiger charge is 2.32. The van der Waals surface area contributed by atoms with E-state index in [-0.39, 0.29) is 18.1 Å². The van der Waals surface area contributed by atoms with Crippen LogP contribution in [0, 0.1) is 0 Å². The minimum Gasteiger partial charge on any atom is -0.393 e. The lowest BCUT2D eigenvalue weighted by atomic mass is 10.0. The van der Waals surface area contributed by atoms with Crippen LogP contribution in [-0.2, 0) is 11.8 Å². The first-order chi connectivity index (χ1) is 12.1. The van der Waals surface area contributed by atoms with Gasteiger partial charge >= 0.3 is 0 Å². The number of hydrogen-bond donors (Lipinski definition) is 1. The Kier molecular flexibility index (Phi) is 8.38. The Hall–Kier alpha value is -1.43. The second-order valence-corrected chi connectivity index (χ2v) is 7.29. The highest BCUT2D eigenvalue weighted by atomic mass is 16.3. The summed E-state index contributed by atoms with van der Waals surface area (Å²) in [5.41, 5.74) is 0. The minimum atomic E-state index is -0.356. The number of carbonyl (C=O) groups excluding carboxylic acids is 1. The van der Waals surface area contributed by atoms with Gasteiger partial charge in [0.05, 0.1) is 12.1 Å². The van der Waals surface area contributed by atoms with Crippen LogP contribution in [0.2, 0.25) is 0 Å². The van der Waals surface area contributed by atoms with Gasteiger partial charge in [0.1, 0.15) is 6.33 Å². The molecule has 2 heterocycles. The first-order valence-corrected chi connectivity index (χ1v) is 9.95. The molecule has 1 aromatic heterocycles. The van der Waals surface area contributed by atoms with Crippen molar-refractivity contribution in [1.82, 2.24) is 19.7 Å². The zero-order valence-electron chi connectivity index (χ0n) is 15.9. The summed E-state index contributed by atoms with van der Waals surface area (Å²) < 4.78 is 1.89. The summed E-state index contributed by atoms with van der Waals surface area (Å²) in [6.07, 6.45) is 12.4. The molecule has 1 aromatic rings. The predicted octanol–water partition coefficient (Wildman–Crippen LogP) is 3.37. The van der Waals surface area contributed by atoms with Crippen molar-refractivity contribution < 1.29 is 9.90 Å². The monoisotopic (exact) mass is 350 g/mol. The van der Waals surface area contributed by atoms with E-state index in [0.717, 1.165) is 38.1 Å². The molecule has 6 heteroatoms. The number of carbonyl (C=O) groups is 1. The van der Waals surface area contributed by atoms with Crippen LogP contribution in [0.5, 0.6) is 0 Å². The fourth-order valence-electron chi connectivity index (χ4n) is 3.67. The summed E-state index contributed by atoms with van der Waals surface area (Å²) in [4.78, 5) is 14.5. The number of aromatic nitrogens is 3. The second kappa shape index (κ2) is 10.5. The Morgan fingerprint density at radius 1 is 1.28 bits per heavy atom. The minimum absolute atomic E-state index is 0.0377. The van der Waals surface area contributed by atoms with Gasteiger partial charge in [-0.2, -0.15) is 0 Å². The molecular formula is C19H34N4O2. The largest absolute Gasteiger partial charge is 0.393 e. The first-order valence-electron chi connectivity index (χ1n) is 9.95. The highest BCUT2D eigenvalue weighted by molar-refractivity contribution is 5.76. The van der Waals surface area contributed by atoms with Crippen LogP contribution in [0.25, 0.3) is 0 Å². The maximum absolute atomic E-state index is 12.6. The third kappa shape index (κ3) is 6.10. The molecule has 1 amide bonds. The van der Waals surface area contributed by atoms with E-state index in [1.165, 1.54) is 32.1 Å². The number of likely N-dealkylation sites (tertiary alicyclic amines) is 1. The summed E-state index contributed by atoms with van der Waals surface area (Å²) in [6.45, 7) is 3.00. The molecule has 0 radical (unpaired) electrons. The smallest absolute Gasteiger partial charge is 0.223 e. The Morgan fingerprint density at radius 2 is 2.04 bits per heavy atom. The lowest BCUT2D eigenvalue weighted by Gasteiger charge is -2.24. The summed E-state index contributed by atoms with van der Waals surface area (Å²) in [6, 6.07) is 0.0377. The van der Waals surface area contributed by atoms with E-state index in [9.17, 15) is 9.90 Å². The van der Waals surface area contributed by atoms with Crippen LogP contribution in [0.1, 0.15) is 89.4 Å². The van der Waals surface area contributed by atoms with Crippen molar-refractivity contribution in [3.63, 3.8) is 0 Å². The fourth-order valence-corrected chi connectivity index (χ4v) is 3.67. The molecule has 1 N–H and O–H groups in total. The number of aryl methyl sites for hydroxylation is 1. The summed E-state index contributed by atoms with van der Waals surface area (Å²) in [5.74, 6) is 0.992. The van der Waals surface area contributed by atoms with E-state index in [2.05, 4.69) is 17.1 Å². The van der Waals surface area contributed by atoms with Gasteiger partial charge in [0.15, 0.2) is 5.82 Å². The van der Waals surface area contributed by atoms with Crippen molar-refractivity contribution in [1.29, 1.82) is 0 Å². The number of rotatable bonds is 11. The van der Waals surface area contributed by atoms with Crippen molar-refractivity contribution in [3.8, 4) is 0 Å². The molecule has 2 atom stereocenters. The van der Waals surface area contributed by atoms with Crippen molar-refractivity contribution in [2.45, 2.75) is 89.7 Å². The Bertz CT molecular complexity index is 517. The van der Waals surface area contributed by atoms with Gasteiger partial charge in [-0.15, -0.1) is 10.2 Å². The Morgan fingerprint density at radius 3 is 2.76 bits per heavy atom. The van der Waals surface area contributed by atoms with E-state index in [1.54, 1.807) is 6.33 Å². The van der Waals surface area contributed by atoms with Gasteiger partial charge in [-0.3, -0.25) is 4.79 Å². The molecule has 0 bridgehead atoms. The lowest BCUT2D eigenvalue weighted by molar-refractivity contribution is -0.133. The quantitative estimate of drug-likeness (QED) is 0.621. The van der Waals surface area contributed by atoms with E-state index in [1.807, 2.05) is 16.5 Å². The molecule has 1 fully saturated rings. The van der Waals surface area contributed by atoms with E-state index < -0.39 is 0 Å². The molecule has 142 valence electrons. The van der Waals surface area contributed by atoms with Crippen LogP contribution in [0.4, 0.5) is 0 Å². The van der Waals surface area contributed by atoms with Crippen LogP contribution in [0.3, 0.4) is 0 Å². The third-order valence-corrected chi connectivity index (χ3v) is 5.20. The second-order valence-electron chi connectivity index (χ2n) is 7.29. The van der Waals surface area contributed by atoms with Crippen LogP contribution in [0.15, 0.2) is 6.33 Å². The summed E-state index contributed by atoms with van der Waals surface area (Å²) >= 11 is 0. The van der Waals surface area contributed by atoms with Crippen molar-refractivity contribution >= 4 is 5.91 Å². The topological polar surface area (TPSA) is 71.2 Å². The van der Waals surface area contributed by atoms with Crippen molar-refractivity contribution in [3.05, 3.63) is 12.2 Å². The normalized spacial score (nSPS) is 18.7. The molecule has 6 nitrogen and oxygen atoms in total. The van der Waals surface area contributed by atoms with Gasteiger partial charge in [0.25, 0.3) is 0 Å². The number of amides is 1. The molecule has 1 aliphatic heterocycles. The molecule has 0 spiro atoms. The number of aliphatic hydroxyl groups excluding tert-OH is 1. The van der Waals surface area contributed by atoms with Gasteiger partial charge in [0.2, 0.25) is 5.91 Å². The maximum Gasteiger partial charge on any atom is 0.223 e. The van der Waals surface area contributed by atoms with Gasteiger partial charge in [-0.05, 0) is 25.7 Å². The first kappa shape index (κ1) is 19.9. The zero-order valence-corrected chi connectivity index (χ0v) is 15.9. The molecule has 0 unspecified atom stereocenters. The fraction of sp³-hybridized carbons (Fsp3) is 0.842. The standard InChI is InChI=1S/C19H34N4O2/c1-3-4-5-6-7-8-10-16(24)12-13-18(25)23-14-9-11-17(23)19-21-20-15-22(19)2/h15-17,24H,3-14H2,1-2H3/t16-,17+/m0/s1. The van der Waals surface area contributed by atoms with Crippen molar-refractivity contribution in [2.75, 3.05) is 6.54 Å². The zero-order chi connectivity index (χ0) is 18.1.